The minimum atomic E-state index is 0.653. The second-order valence-corrected chi connectivity index (χ2v) is 31.8. The summed E-state index contributed by atoms with van der Waals surface area (Å²) in [4.78, 5) is 0. The Balaban J connectivity index is 1.26. The van der Waals surface area contributed by atoms with Gasteiger partial charge >= 0.3 is 0 Å². The lowest BCUT2D eigenvalue weighted by molar-refractivity contribution is 0.102. The van der Waals surface area contributed by atoms with E-state index in [9.17, 15) is 0 Å². The molecule has 4 aromatic rings. The predicted molar refractivity (Wildman–Crippen MR) is 429 cm³/mol. The van der Waals surface area contributed by atoms with Gasteiger partial charge in [0.25, 0.3) is 0 Å². The highest BCUT2D eigenvalue weighted by atomic mass is 16.5. The Morgan fingerprint density at radius 3 is 0.384 bits per heavy atom. The SMILES string of the molecule is CCCCCCCCCCCOCc1c(COCCCCCCCCCCC)c2c3c4c1Cc1c(COCCCCCCCCCCC)c(COCCCCCCCCCCC)c5c(c14)c1c(c(COCCCCCCCCCCC)c(COCCCCCCCCCCC)c(c31)C2)C5. The Morgan fingerprint density at radius 1 is 0.152 bits per heavy atom. The number of rotatable bonds is 72. The van der Waals surface area contributed by atoms with Crippen LogP contribution in [0.25, 0.3) is 32.3 Å². The first-order valence-corrected chi connectivity index (χ1v) is 44.2. The molecule has 0 radical (unpaired) electrons. The van der Waals surface area contributed by atoms with E-state index in [4.69, 9.17) is 28.4 Å². The molecule has 0 fully saturated rings. The average molecular weight is 1370 g/mol. The van der Waals surface area contributed by atoms with E-state index in [1.54, 1.807) is 0 Å². The summed E-state index contributed by atoms with van der Waals surface area (Å²) in [5.41, 5.74) is 17.7. The first-order valence-electron chi connectivity index (χ1n) is 44.2. The maximum atomic E-state index is 7.09. The summed E-state index contributed by atoms with van der Waals surface area (Å²) in [6.07, 6.45) is 74.2. The molecule has 4 aromatic carbocycles. The lowest BCUT2D eigenvalue weighted by atomic mass is 9.87. The molecule has 99 heavy (non-hydrogen) atoms. The van der Waals surface area contributed by atoms with E-state index in [2.05, 4.69) is 41.5 Å². The highest BCUT2D eigenvalue weighted by Gasteiger charge is 2.40. The molecule has 0 unspecified atom stereocenters. The highest BCUT2D eigenvalue weighted by Crippen LogP contribution is 2.58. The van der Waals surface area contributed by atoms with Gasteiger partial charge in [0.1, 0.15) is 0 Å². The van der Waals surface area contributed by atoms with E-state index >= 15 is 0 Å². The van der Waals surface area contributed by atoms with Crippen LogP contribution in [0, 0.1) is 0 Å². The molecule has 0 bridgehead atoms. The molecule has 564 valence electrons. The molecular formula is C93H156O6. The van der Waals surface area contributed by atoms with Crippen molar-refractivity contribution in [3.8, 4) is 0 Å². The van der Waals surface area contributed by atoms with Gasteiger partial charge in [0.15, 0.2) is 0 Å². The summed E-state index contributed by atoms with van der Waals surface area (Å²) in [6, 6.07) is 0. The van der Waals surface area contributed by atoms with Crippen molar-refractivity contribution in [1.82, 2.24) is 0 Å². The summed E-state index contributed by atoms with van der Waals surface area (Å²) in [5, 5.41) is 9.24. The highest BCUT2D eigenvalue weighted by molar-refractivity contribution is 6.34. The van der Waals surface area contributed by atoms with Crippen LogP contribution >= 0.6 is 0 Å². The Labute approximate surface area is 611 Å². The zero-order valence-corrected chi connectivity index (χ0v) is 66.2. The van der Waals surface area contributed by atoms with E-state index in [0.717, 1.165) is 97.4 Å². The number of unbranched alkanes of at least 4 members (excludes halogenated alkanes) is 48. The molecule has 0 N–H and O–H groups in total. The molecule has 0 atom stereocenters. The van der Waals surface area contributed by atoms with Crippen LogP contribution in [0.1, 0.15) is 455 Å². The van der Waals surface area contributed by atoms with Crippen molar-refractivity contribution in [2.75, 3.05) is 39.6 Å². The third-order valence-electron chi connectivity index (χ3n) is 23.5. The van der Waals surface area contributed by atoms with E-state index in [1.165, 1.54) is 407 Å². The zero-order valence-electron chi connectivity index (χ0n) is 66.2. The van der Waals surface area contributed by atoms with Crippen LogP contribution in [-0.4, -0.2) is 39.6 Å². The van der Waals surface area contributed by atoms with Crippen molar-refractivity contribution in [1.29, 1.82) is 0 Å². The van der Waals surface area contributed by atoms with E-state index in [0.29, 0.717) is 39.6 Å². The molecular weight excluding hydrogens is 1210 g/mol. The summed E-state index contributed by atoms with van der Waals surface area (Å²) < 4.78 is 42.5. The molecule has 0 heterocycles. The first-order chi connectivity index (χ1) is 49.1. The van der Waals surface area contributed by atoms with Crippen molar-refractivity contribution in [3.05, 3.63) is 66.8 Å². The summed E-state index contributed by atoms with van der Waals surface area (Å²) in [5.74, 6) is 0. The first kappa shape index (κ1) is 83.7. The molecule has 0 saturated carbocycles. The Morgan fingerprint density at radius 2 is 0.263 bits per heavy atom. The maximum absolute atomic E-state index is 7.09. The van der Waals surface area contributed by atoms with Crippen LogP contribution in [0.4, 0.5) is 0 Å². The van der Waals surface area contributed by atoms with E-state index in [-0.39, 0.29) is 0 Å². The fourth-order valence-corrected chi connectivity index (χ4v) is 17.4. The van der Waals surface area contributed by atoms with Gasteiger partial charge in [0.05, 0.1) is 39.6 Å². The fourth-order valence-electron chi connectivity index (χ4n) is 17.4. The third-order valence-corrected chi connectivity index (χ3v) is 23.5. The van der Waals surface area contributed by atoms with Gasteiger partial charge in [0.2, 0.25) is 0 Å². The van der Waals surface area contributed by atoms with Crippen LogP contribution in [-0.2, 0) is 87.3 Å². The van der Waals surface area contributed by atoms with Gasteiger partial charge in [-0.15, -0.1) is 0 Å². The van der Waals surface area contributed by atoms with Crippen molar-refractivity contribution < 1.29 is 28.4 Å². The minimum Gasteiger partial charge on any atom is -0.377 e. The average Bonchev–Trinajstić information content (AvgIpc) is 1.50. The Hall–Kier alpha value is -2.58. The number of hydrogen-bond donors (Lipinski definition) is 0. The summed E-state index contributed by atoms with van der Waals surface area (Å²) in [7, 11) is 0. The third kappa shape index (κ3) is 28.3. The van der Waals surface area contributed by atoms with Gasteiger partial charge in [-0.1, -0.05) is 350 Å². The normalized spacial score (nSPS) is 12.9. The quantitative estimate of drug-likeness (QED) is 0.0280. The second kappa shape index (κ2) is 53.2. The Bertz CT molecular complexity index is 2250. The lowest BCUT2D eigenvalue weighted by Crippen LogP contribution is -2.10. The van der Waals surface area contributed by atoms with Gasteiger partial charge < -0.3 is 28.4 Å². The van der Waals surface area contributed by atoms with Crippen molar-refractivity contribution in [2.24, 2.45) is 0 Å². The standard InChI is InChI=1S/C93H156O6/c1-7-13-19-25-31-37-43-49-55-61-94-70-82-76-67-78-84(72-96-63-57-51-45-39-33-27-21-15-9-3)86(74-98-65-59-53-47-41-35-29-23-17-11-5)80-69-81-87(75-99-66-60-54-48-42-36-30-24-18-12-6)85(73-97-64-58-52-46-40-34-28-22-16-10-4)79-68-77(89-88(76)90(78)92(80)93(81)91(79)89)83(82)71-95-62-56-50-44-38-32-26-20-14-8-2/h7-75H2,1-6H3. The Kier molecular flexibility index (Phi) is 45.0. The van der Waals surface area contributed by atoms with Gasteiger partial charge in [-0.2, -0.15) is 0 Å². The maximum Gasteiger partial charge on any atom is 0.0723 e. The second-order valence-electron chi connectivity index (χ2n) is 31.8. The molecule has 3 aliphatic carbocycles. The van der Waals surface area contributed by atoms with Crippen molar-refractivity contribution in [3.63, 3.8) is 0 Å². The lowest BCUT2D eigenvalue weighted by Gasteiger charge is -2.20. The molecule has 6 heteroatoms. The van der Waals surface area contributed by atoms with Gasteiger partial charge in [-0.05, 0) is 157 Å². The molecule has 3 aliphatic rings. The van der Waals surface area contributed by atoms with Crippen molar-refractivity contribution in [2.45, 2.75) is 447 Å². The molecule has 7 rings (SSSR count). The zero-order chi connectivity index (χ0) is 69.4. The van der Waals surface area contributed by atoms with Crippen LogP contribution in [0.3, 0.4) is 0 Å². The van der Waals surface area contributed by atoms with Crippen LogP contribution in [0.15, 0.2) is 0 Å². The molecule has 0 spiro atoms. The number of ether oxygens (including phenoxy) is 6. The van der Waals surface area contributed by atoms with Crippen LogP contribution in [0.2, 0.25) is 0 Å². The van der Waals surface area contributed by atoms with E-state index < -0.39 is 0 Å². The van der Waals surface area contributed by atoms with Gasteiger partial charge in [0, 0.05) is 39.6 Å². The molecule has 0 amide bonds. The molecule has 0 saturated heterocycles. The van der Waals surface area contributed by atoms with Crippen LogP contribution < -0.4 is 0 Å². The minimum absolute atomic E-state index is 0.653. The van der Waals surface area contributed by atoms with Gasteiger partial charge in [-0.3, -0.25) is 0 Å². The predicted octanol–water partition coefficient (Wildman–Crippen LogP) is 29.1. The summed E-state index contributed by atoms with van der Waals surface area (Å²) in [6.45, 7) is 22.8. The number of hydrogen-bond acceptors (Lipinski definition) is 6. The molecule has 0 aromatic heterocycles. The van der Waals surface area contributed by atoms with Crippen LogP contribution in [0.5, 0.6) is 0 Å². The van der Waals surface area contributed by atoms with E-state index in [1.807, 2.05) is 0 Å². The summed E-state index contributed by atoms with van der Waals surface area (Å²) >= 11 is 0. The number of benzene rings is 4. The van der Waals surface area contributed by atoms with Gasteiger partial charge in [-0.25, -0.2) is 0 Å². The smallest absolute Gasteiger partial charge is 0.0723 e. The fraction of sp³-hybridized carbons (Fsp3) is 0.806. The topological polar surface area (TPSA) is 55.4 Å². The largest absolute Gasteiger partial charge is 0.377 e. The monoisotopic (exact) mass is 1370 g/mol. The van der Waals surface area contributed by atoms with Crippen molar-refractivity contribution >= 4 is 32.3 Å². The molecule has 6 nitrogen and oxygen atoms in total. The molecule has 0 aliphatic heterocycles.